The van der Waals surface area contributed by atoms with Gasteiger partial charge in [0.05, 0.1) is 4.91 Å². The quantitative estimate of drug-likeness (QED) is 0.403. The first kappa shape index (κ1) is 19.5. The van der Waals surface area contributed by atoms with Crippen LogP contribution in [0.25, 0.3) is 6.08 Å². The first-order valence-corrected chi connectivity index (χ1v) is 9.81. The molecule has 1 aliphatic heterocycles. The number of para-hydroxylation sites is 1. The van der Waals surface area contributed by atoms with Crippen LogP contribution < -0.4 is 9.47 Å². The van der Waals surface area contributed by atoms with E-state index in [0.717, 1.165) is 28.2 Å². The van der Waals surface area contributed by atoms with E-state index in [4.69, 9.17) is 21.7 Å². The minimum absolute atomic E-state index is 0.0710. The fourth-order valence-electron chi connectivity index (χ4n) is 2.72. The number of rotatable bonds is 6. The van der Waals surface area contributed by atoms with Gasteiger partial charge < -0.3 is 9.47 Å². The van der Waals surface area contributed by atoms with Gasteiger partial charge in [-0.15, -0.1) is 0 Å². The smallest absolute Gasteiger partial charge is 0.265 e. The van der Waals surface area contributed by atoms with Gasteiger partial charge in [-0.1, -0.05) is 54.3 Å². The summed E-state index contributed by atoms with van der Waals surface area (Å²) in [4.78, 5) is 14.2. The highest BCUT2D eigenvalue weighted by Crippen LogP contribution is 2.31. The van der Waals surface area contributed by atoms with Crippen molar-refractivity contribution in [1.82, 2.24) is 4.90 Å². The number of amides is 1. The number of benzene rings is 2. The molecule has 0 aliphatic carbocycles. The van der Waals surface area contributed by atoms with Crippen molar-refractivity contribution >= 4 is 40.3 Å². The first-order valence-electron chi connectivity index (χ1n) is 8.59. The largest absolute Gasteiger partial charge is 0.490 e. The van der Waals surface area contributed by atoms with E-state index < -0.39 is 0 Å². The zero-order valence-corrected chi connectivity index (χ0v) is 17.2. The molecule has 1 fully saturated rings. The van der Waals surface area contributed by atoms with Crippen LogP contribution in [0.5, 0.6) is 11.5 Å². The zero-order valence-electron chi connectivity index (χ0n) is 15.5. The summed E-state index contributed by atoms with van der Waals surface area (Å²) < 4.78 is 12.2. The number of thiocarbonyl (C=S) groups is 1. The fraction of sp³-hybridized carbons (Fsp3) is 0.238. The number of carbonyl (C=O) groups is 1. The van der Waals surface area contributed by atoms with Gasteiger partial charge in [0.2, 0.25) is 0 Å². The predicted octanol–water partition coefficient (Wildman–Crippen LogP) is 4.59. The second kappa shape index (κ2) is 8.59. The second-order valence-corrected chi connectivity index (χ2v) is 7.91. The maximum Gasteiger partial charge on any atom is 0.265 e. The average Bonchev–Trinajstić information content (AvgIpc) is 2.88. The van der Waals surface area contributed by atoms with Gasteiger partial charge in [-0.2, -0.15) is 0 Å². The molecule has 6 heteroatoms. The van der Waals surface area contributed by atoms with Crippen molar-refractivity contribution in [2.75, 3.05) is 20.3 Å². The summed E-state index contributed by atoms with van der Waals surface area (Å²) in [5, 5.41) is 0. The van der Waals surface area contributed by atoms with Crippen LogP contribution in [0.3, 0.4) is 0 Å². The van der Waals surface area contributed by atoms with Crippen molar-refractivity contribution in [3.63, 3.8) is 0 Å². The van der Waals surface area contributed by atoms with Crippen molar-refractivity contribution in [3.05, 3.63) is 64.1 Å². The molecule has 0 spiro atoms. The molecule has 2 aromatic rings. The van der Waals surface area contributed by atoms with Crippen LogP contribution in [0, 0.1) is 13.8 Å². The van der Waals surface area contributed by atoms with Crippen LogP contribution in [-0.2, 0) is 4.79 Å². The molecular formula is C21H21NO3S2. The molecule has 27 heavy (non-hydrogen) atoms. The van der Waals surface area contributed by atoms with Crippen LogP contribution >= 0.6 is 24.0 Å². The fourth-order valence-corrected chi connectivity index (χ4v) is 3.90. The van der Waals surface area contributed by atoms with Gasteiger partial charge in [0.15, 0.2) is 0 Å². The lowest BCUT2D eigenvalue weighted by atomic mass is 10.1. The number of thioether (sulfide) groups is 1. The van der Waals surface area contributed by atoms with E-state index in [1.165, 1.54) is 16.7 Å². The van der Waals surface area contributed by atoms with Gasteiger partial charge in [0.25, 0.3) is 5.91 Å². The molecule has 1 amide bonds. The Kier molecular flexibility index (Phi) is 6.19. The molecule has 4 nitrogen and oxygen atoms in total. The molecule has 0 N–H and O–H groups in total. The molecule has 0 aromatic heterocycles. The number of ether oxygens (including phenoxy) is 2. The summed E-state index contributed by atoms with van der Waals surface area (Å²) in [5.74, 6) is 1.58. The van der Waals surface area contributed by atoms with Gasteiger partial charge in [-0.3, -0.25) is 9.69 Å². The van der Waals surface area contributed by atoms with Gasteiger partial charge in [0, 0.05) is 7.05 Å². The van der Waals surface area contributed by atoms with Crippen LogP contribution in [0.15, 0.2) is 47.4 Å². The summed E-state index contributed by atoms with van der Waals surface area (Å²) in [6.45, 7) is 4.97. The standard InChI is InChI=1S/C21H21NO3S2/c1-14-6-4-7-15(2)19(14)25-11-10-24-17-9-5-8-16(12-17)13-18-20(23)22(3)21(26)27-18/h4-9,12-13H,10-11H2,1-3H3. The topological polar surface area (TPSA) is 38.8 Å². The number of aryl methyl sites for hydroxylation is 2. The van der Waals surface area contributed by atoms with E-state index in [1.54, 1.807) is 7.05 Å². The summed E-state index contributed by atoms with van der Waals surface area (Å²) in [6.07, 6.45) is 1.84. The van der Waals surface area contributed by atoms with Gasteiger partial charge >= 0.3 is 0 Å². The molecule has 1 saturated heterocycles. The summed E-state index contributed by atoms with van der Waals surface area (Å²) in [7, 11) is 1.69. The third-order valence-corrected chi connectivity index (χ3v) is 5.63. The van der Waals surface area contributed by atoms with Gasteiger partial charge in [-0.25, -0.2) is 0 Å². The van der Waals surface area contributed by atoms with E-state index in [1.807, 2.05) is 62.4 Å². The van der Waals surface area contributed by atoms with E-state index in [0.29, 0.717) is 22.4 Å². The van der Waals surface area contributed by atoms with Crippen molar-refractivity contribution in [3.8, 4) is 11.5 Å². The minimum Gasteiger partial charge on any atom is -0.490 e. The molecule has 1 aliphatic rings. The monoisotopic (exact) mass is 399 g/mol. The van der Waals surface area contributed by atoms with Crippen molar-refractivity contribution < 1.29 is 14.3 Å². The first-order chi connectivity index (χ1) is 13.0. The Labute approximate surface area is 169 Å². The Morgan fingerprint density at radius 2 is 1.74 bits per heavy atom. The Bertz CT molecular complexity index is 888. The molecule has 0 radical (unpaired) electrons. The number of carbonyl (C=O) groups excluding carboxylic acids is 1. The lowest BCUT2D eigenvalue weighted by molar-refractivity contribution is -0.121. The molecule has 0 saturated carbocycles. The maximum atomic E-state index is 12.1. The minimum atomic E-state index is -0.0710. The van der Waals surface area contributed by atoms with Crippen molar-refractivity contribution in [2.24, 2.45) is 0 Å². The Morgan fingerprint density at radius 3 is 2.41 bits per heavy atom. The van der Waals surface area contributed by atoms with Crippen LogP contribution in [-0.4, -0.2) is 35.4 Å². The molecule has 2 aromatic carbocycles. The predicted molar refractivity (Wildman–Crippen MR) is 114 cm³/mol. The lowest BCUT2D eigenvalue weighted by Gasteiger charge is -2.12. The Balaban J connectivity index is 1.58. The van der Waals surface area contributed by atoms with Crippen molar-refractivity contribution in [2.45, 2.75) is 13.8 Å². The zero-order chi connectivity index (χ0) is 19.4. The van der Waals surface area contributed by atoms with E-state index in [-0.39, 0.29) is 5.91 Å². The van der Waals surface area contributed by atoms with Crippen molar-refractivity contribution in [1.29, 1.82) is 0 Å². The number of hydrogen-bond acceptors (Lipinski definition) is 5. The van der Waals surface area contributed by atoms with Crippen LogP contribution in [0.4, 0.5) is 0 Å². The van der Waals surface area contributed by atoms with E-state index >= 15 is 0 Å². The number of nitrogens with zero attached hydrogens (tertiary/aromatic N) is 1. The second-order valence-electron chi connectivity index (χ2n) is 6.23. The molecule has 0 unspecified atom stereocenters. The Hall–Kier alpha value is -2.31. The number of hydrogen-bond donors (Lipinski definition) is 0. The molecular weight excluding hydrogens is 378 g/mol. The SMILES string of the molecule is Cc1cccc(C)c1OCCOc1cccc(C=C2SC(=S)N(C)C2=O)c1. The summed E-state index contributed by atoms with van der Waals surface area (Å²) in [5.41, 5.74) is 3.13. The normalized spacial score (nSPS) is 15.5. The molecule has 0 atom stereocenters. The highest BCUT2D eigenvalue weighted by molar-refractivity contribution is 8.26. The molecule has 1 heterocycles. The average molecular weight is 400 g/mol. The Morgan fingerprint density at radius 1 is 1.07 bits per heavy atom. The third kappa shape index (κ3) is 4.70. The summed E-state index contributed by atoms with van der Waals surface area (Å²) in [6, 6.07) is 13.7. The highest BCUT2D eigenvalue weighted by Gasteiger charge is 2.28. The van der Waals surface area contributed by atoms with Crippen LogP contribution in [0.2, 0.25) is 0 Å². The maximum absolute atomic E-state index is 12.1. The van der Waals surface area contributed by atoms with Gasteiger partial charge in [0.1, 0.15) is 29.0 Å². The van der Waals surface area contributed by atoms with Gasteiger partial charge in [-0.05, 0) is 48.7 Å². The third-order valence-electron chi connectivity index (χ3n) is 4.15. The van der Waals surface area contributed by atoms with E-state index in [9.17, 15) is 4.79 Å². The molecule has 0 bridgehead atoms. The van der Waals surface area contributed by atoms with E-state index in [2.05, 4.69) is 0 Å². The molecule has 140 valence electrons. The highest BCUT2D eigenvalue weighted by atomic mass is 32.2. The lowest BCUT2D eigenvalue weighted by Crippen LogP contribution is -2.22. The summed E-state index contributed by atoms with van der Waals surface area (Å²) >= 11 is 6.47. The molecule has 3 rings (SSSR count). The van der Waals surface area contributed by atoms with Crippen LogP contribution in [0.1, 0.15) is 16.7 Å². The number of likely N-dealkylation sites (N-methyl/N-ethyl adjacent to an activating group) is 1.